The lowest BCUT2D eigenvalue weighted by Crippen LogP contribution is -2.22. The number of ether oxygens (including phenoxy) is 2. The predicted molar refractivity (Wildman–Crippen MR) is 64.0 cm³/mol. The summed E-state index contributed by atoms with van der Waals surface area (Å²) in [6.07, 6.45) is 5.81. The monoisotopic (exact) mass is 232 g/mol. The molecule has 2 aliphatic rings. The third-order valence-electron chi connectivity index (χ3n) is 3.88. The smallest absolute Gasteiger partial charge is 0.165 e. The summed E-state index contributed by atoms with van der Waals surface area (Å²) in [5, 5.41) is 0. The molecule has 1 aromatic rings. The molecule has 0 radical (unpaired) electrons. The normalized spacial score (nSPS) is 25.7. The van der Waals surface area contributed by atoms with Crippen LogP contribution in [-0.4, -0.2) is 19.5 Å². The maximum atomic E-state index is 11.1. The standard InChI is InChI=1S/C14H16O3/c1-16-12-7-6-9(8-15)13-10-4-2-3-5-11(10)17-14(12)13/h6-8,10-11H,2-5H2,1H3/t10-,11+/m0/s1. The summed E-state index contributed by atoms with van der Waals surface area (Å²) in [5.41, 5.74) is 1.83. The van der Waals surface area contributed by atoms with E-state index in [1.54, 1.807) is 7.11 Å². The molecule has 90 valence electrons. The van der Waals surface area contributed by atoms with Crippen LogP contribution in [0, 0.1) is 0 Å². The molecule has 1 aliphatic heterocycles. The van der Waals surface area contributed by atoms with Crippen LogP contribution in [0.1, 0.15) is 47.5 Å². The van der Waals surface area contributed by atoms with E-state index in [1.165, 1.54) is 12.8 Å². The molecule has 2 atom stereocenters. The Hall–Kier alpha value is -1.51. The first-order valence-electron chi connectivity index (χ1n) is 6.18. The maximum absolute atomic E-state index is 11.1. The molecule has 1 aromatic carbocycles. The zero-order chi connectivity index (χ0) is 11.8. The minimum Gasteiger partial charge on any atom is -0.493 e. The van der Waals surface area contributed by atoms with E-state index in [4.69, 9.17) is 9.47 Å². The lowest BCUT2D eigenvalue weighted by Gasteiger charge is -2.24. The van der Waals surface area contributed by atoms with Crippen LogP contribution in [0.5, 0.6) is 11.5 Å². The molecule has 3 heteroatoms. The van der Waals surface area contributed by atoms with Gasteiger partial charge in [-0.2, -0.15) is 0 Å². The van der Waals surface area contributed by atoms with E-state index in [9.17, 15) is 4.79 Å². The van der Waals surface area contributed by atoms with Crippen molar-refractivity contribution in [2.24, 2.45) is 0 Å². The van der Waals surface area contributed by atoms with Gasteiger partial charge in [-0.15, -0.1) is 0 Å². The molecule has 1 fully saturated rings. The fourth-order valence-corrected chi connectivity index (χ4v) is 3.08. The van der Waals surface area contributed by atoms with Crippen LogP contribution < -0.4 is 9.47 Å². The van der Waals surface area contributed by atoms with Gasteiger partial charge in [0.2, 0.25) is 0 Å². The van der Waals surface area contributed by atoms with E-state index in [-0.39, 0.29) is 6.10 Å². The fourth-order valence-electron chi connectivity index (χ4n) is 3.08. The third-order valence-corrected chi connectivity index (χ3v) is 3.88. The Morgan fingerprint density at radius 2 is 2.18 bits per heavy atom. The van der Waals surface area contributed by atoms with E-state index in [0.29, 0.717) is 5.92 Å². The number of methoxy groups -OCH3 is 1. The zero-order valence-corrected chi connectivity index (χ0v) is 9.94. The van der Waals surface area contributed by atoms with Crippen LogP contribution in [0.3, 0.4) is 0 Å². The molecule has 1 heterocycles. The van der Waals surface area contributed by atoms with Crippen molar-refractivity contribution in [1.29, 1.82) is 0 Å². The molecule has 0 amide bonds. The van der Waals surface area contributed by atoms with E-state index in [0.717, 1.165) is 41.8 Å². The highest BCUT2D eigenvalue weighted by Gasteiger charge is 2.39. The van der Waals surface area contributed by atoms with Crippen LogP contribution in [0.15, 0.2) is 12.1 Å². The number of benzene rings is 1. The lowest BCUT2D eigenvalue weighted by atomic mass is 9.81. The molecule has 0 saturated heterocycles. The Kier molecular flexibility index (Phi) is 2.54. The van der Waals surface area contributed by atoms with Crippen LogP contribution in [0.4, 0.5) is 0 Å². The Labute approximate surface area is 101 Å². The number of hydrogen-bond donors (Lipinski definition) is 0. The van der Waals surface area contributed by atoms with Gasteiger partial charge in [0.05, 0.1) is 7.11 Å². The summed E-state index contributed by atoms with van der Waals surface area (Å²) in [7, 11) is 1.64. The van der Waals surface area contributed by atoms with Crippen LogP contribution in [0.25, 0.3) is 0 Å². The van der Waals surface area contributed by atoms with E-state index >= 15 is 0 Å². The van der Waals surface area contributed by atoms with Gasteiger partial charge in [-0.1, -0.05) is 6.42 Å². The van der Waals surface area contributed by atoms with E-state index in [2.05, 4.69) is 0 Å². The molecule has 1 saturated carbocycles. The number of fused-ring (bicyclic) bond motifs is 3. The highest BCUT2D eigenvalue weighted by atomic mass is 16.5. The predicted octanol–water partition coefficient (Wildman–Crippen LogP) is 2.93. The van der Waals surface area contributed by atoms with Crippen molar-refractivity contribution in [1.82, 2.24) is 0 Å². The summed E-state index contributed by atoms with van der Waals surface area (Å²) in [6, 6.07) is 3.66. The van der Waals surface area contributed by atoms with Gasteiger partial charge in [0.25, 0.3) is 0 Å². The minimum absolute atomic E-state index is 0.244. The molecule has 1 aliphatic carbocycles. The van der Waals surface area contributed by atoms with Crippen molar-refractivity contribution in [2.75, 3.05) is 7.11 Å². The van der Waals surface area contributed by atoms with E-state index < -0.39 is 0 Å². The number of carbonyl (C=O) groups excluding carboxylic acids is 1. The Morgan fingerprint density at radius 3 is 2.94 bits per heavy atom. The van der Waals surface area contributed by atoms with E-state index in [1.807, 2.05) is 12.1 Å². The fraction of sp³-hybridized carbons (Fsp3) is 0.500. The first-order chi connectivity index (χ1) is 8.35. The Bertz CT molecular complexity index is 453. The molecular weight excluding hydrogens is 216 g/mol. The number of aldehydes is 1. The highest BCUT2D eigenvalue weighted by molar-refractivity contribution is 5.81. The van der Waals surface area contributed by atoms with Crippen molar-refractivity contribution >= 4 is 6.29 Å². The molecular formula is C14H16O3. The Morgan fingerprint density at radius 1 is 1.35 bits per heavy atom. The third kappa shape index (κ3) is 1.53. The molecule has 0 bridgehead atoms. The first-order valence-corrected chi connectivity index (χ1v) is 6.18. The van der Waals surface area contributed by atoms with Gasteiger partial charge in [-0.3, -0.25) is 4.79 Å². The summed E-state index contributed by atoms with van der Waals surface area (Å²) < 4.78 is 11.3. The quantitative estimate of drug-likeness (QED) is 0.735. The zero-order valence-electron chi connectivity index (χ0n) is 9.94. The molecule has 0 N–H and O–H groups in total. The lowest BCUT2D eigenvalue weighted by molar-refractivity contribution is 0.112. The second kappa shape index (κ2) is 4.06. The summed E-state index contributed by atoms with van der Waals surface area (Å²) >= 11 is 0. The molecule has 0 aromatic heterocycles. The molecule has 17 heavy (non-hydrogen) atoms. The second-order valence-corrected chi connectivity index (χ2v) is 4.76. The molecule has 3 rings (SSSR count). The maximum Gasteiger partial charge on any atom is 0.165 e. The average molecular weight is 232 g/mol. The molecule has 0 spiro atoms. The minimum atomic E-state index is 0.244. The summed E-state index contributed by atoms with van der Waals surface area (Å²) in [6.45, 7) is 0. The Balaban J connectivity index is 2.12. The number of hydrogen-bond acceptors (Lipinski definition) is 3. The van der Waals surface area contributed by atoms with Gasteiger partial charge in [-0.25, -0.2) is 0 Å². The van der Waals surface area contributed by atoms with Crippen molar-refractivity contribution in [3.8, 4) is 11.5 Å². The van der Waals surface area contributed by atoms with Crippen LogP contribution >= 0.6 is 0 Å². The van der Waals surface area contributed by atoms with Crippen molar-refractivity contribution in [3.05, 3.63) is 23.3 Å². The van der Waals surface area contributed by atoms with Crippen molar-refractivity contribution in [3.63, 3.8) is 0 Å². The SMILES string of the molecule is COc1ccc(C=O)c2c1O[C@@H]1CCCC[C@H]21. The van der Waals surface area contributed by atoms with Gasteiger partial charge in [0.15, 0.2) is 11.5 Å². The van der Waals surface area contributed by atoms with Crippen molar-refractivity contribution in [2.45, 2.75) is 37.7 Å². The second-order valence-electron chi connectivity index (χ2n) is 4.76. The van der Waals surface area contributed by atoms with Gasteiger partial charge in [0.1, 0.15) is 12.4 Å². The summed E-state index contributed by atoms with van der Waals surface area (Å²) in [4.78, 5) is 11.1. The highest BCUT2D eigenvalue weighted by Crippen LogP contribution is 2.50. The van der Waals surface area contributed by atoms with Crippen LogP contribution in [0.2, 0.25) is 0 Å². The molecule has 3 nitrogen and oxygen atoms in total. The number of carbonyl (C=O) groups is 1. The van der Waals surface area contributed by atoms with Crippen molar-refractivity contribution < 1.29 is 14.3 Å². The number of rotatable bonds is 2. The topological polar surface area (TPSA) is 35.5 Å². The average Bonchev–Trinajstić information content (AvgIpc) is 2.77. The first kappa shape index (κ1) is 10.6. The van der Waals surface area contributed by atoms with Gasteiger partial charge in [-0.05, 0) is 31.4 Å². The molecule has 0 unspecified atom stereocenters. The van der Waals surface area contributed by atoms with Gasteiger partial charge in [0, 0.05) is 17.0 Å². The largest absolute Gasteiger partial charge is 0.493 e. The summed E-state index contributed by atoms with van der Waals surface area (Å²) in [5.74, 6) is 1.93. The van der Waals surface area contributed by atoms with Crippen LogP contribution in [-0.2, 0) is 0 Å². The van der Waals surface area contributed by atoms with Gasteiger partial charge >= 0.3 is 0 Å². The van der Waals surface area contributed by atoms with Gasteiger partial charge < -0.3 is 9.47 Å².